The van der Waals surface area contributed by atoms with Crippen molar-refractivity contribution in [2.45, 2.75) is 52.5 Å². The third kappa shape index (κ3) is 6.11. The van der Waals surface area contributed by atoms with E-state index < -0.39 is 0 Å². The third-order valence-electron chi connectivity index (χ3n) is 3.79. The molecule has 0 saturated carbocycles. The second-order valence-electron chi connectivity index (χ2n) is 5.31. The molecule has 0 radical (unpaired) electrons. The van der Waals surface area contributed by atoms with E-state index in [2.05, 4.69) is 57.0 Å². The molecular formula is C17H29NO. The van der Waals surface area contributed by atoms with E-state index in [1.165, 1.54) is 18.4 Å². The molecule has 2 heteroatoms. The first-order chi connectivity index (χ1) is 9.17. The number of nitrogens with zero attached hydrogens (tertiary/aromatic N) is 1. The number of benzene rings is 1. The van der Waals surface area contributed by atoms with Gasteiger partial charge in [-0.1, -0.05) is 32.4 Å². The first-order valence-electron chi connectivity index (χ1n) is 7.59. The maximum Gasteiger partial charge on any atom is 0.119 e. The van der Waals surface area contributed by atoms with Gasteiger partial charge in [0, 0.05) is 6.04 Å². The lowest BCUT2D eigenvalue weighted by molar-refractivity contribution is 0.259. The van der Waals surface area contributed by atoms with E-state index in [0.717, 1.165) is 31.7 Å². The van der Waals surface area contributed by atoms with Crippen molar-refractivity contribution in [3.05, 3.63) is 29.8 Å². The van der Waals surface area contributed by atoms with Crippen LogP contribution in [0, 0.1) is 0 Å². The monoisotopic (exact) mass is 263 g/mol. The standard InChI is InChI=1S/C17H29NO/c1-5-7-14-19-17-12-10-16(11-13-17)9-8-15(3)18(4)6-2/h10-13,15H,5-9,14H2,1-4H3. The van der Waals surface area contributed by atoms with Crippen molar-refractivity contribution in [3.8, 4) is 5.75 Å². The maximum absolute atomic E-state index is 5.67. The molecule has 0 aromatic heterocycles. The number of ether oxygens (including phenoxy) is 1. The topological polar surface area (TPSA) is 12.5 Å². The first kappa shape index (κ1) is 16.0. The van der Waals surface area contributed by atoms with Crippen molar-refractivity contribution in [1.82, 2.24) is 4.90 Å². The lowest BCUT2D eigenvalue weighted by Gasteiger charge is -2.22. The van der Waals surface area contributed by atoms with Gasteiger partial charge in [0.05, 0.1) is 6.61 Å². The van der Waals surface area contributed by atoms with Gasteiger partial charge < -0.3 is 9.64 Å². The Hall–Kier alpha value is -1.02. The van der Waals surface area contributed by atoms with Crippen molar-refractivity contribution in [2.75, 3.05) is 20.2 Å². The summed E-state index contributed by atoms with van der Waals surface area (Å²) in [6.07, 6.45) is 4.66. The minimum absolute atomic E-state index is 0.644. The number of rotatable bonds is 9. The van der Waals surface area contributed by atoms with Crippen molar-refractivity contribution >= 4 is 0 Å². The van der Waals surface area contributed by atoms with Gasteiger partial charge in [-0.3, -0.25) is 0 Å². The Labute approximate surface area is 118 Å². The van der Waals surface area contributed by atoms with Gasteiger partial charge in [-0.25, -0.2) is 0 Å². The van der Waals surface area contributed by atoms with Gasteiger partial charge in [-0.05, 0) is 57.5 Å². The summed E-state index contributed by atoms with van der Waals surface area (Å²) in [6, 6.07) is 9.23. The molecule has 0 aliphatic carbocycles. The highest BCUT2D eigenvalue weighted by molar-refractivity contribution is 5.27. The molecular weight excluding hydrogens is 234 g/mol. The second-order valence-corrected chi connectivity index (χ2v) is 5.31. The van der Waals surface area contributed by atoms with Crippen LogP contribution in [0.1, 0.15) is 45.6 Å². The predicted molar refractivity (Wildman–Crippen MR) is 82.9 cm³/mol. The van der Waals surface area contributed by atoms with Crippen LogP contribution in [-0.4, -0.2) is 31.1 Å². The summed E-state index contributed by atoms with van der Waals surface area (Å²) in [5.41, 5.74) is 1.40. The van der Waals surface area contributed by atoms with Crippen LogP contribution < -0.4 is 4.74 Å². The number of unbranched alkanes of at least 4 members (excludes halogenated alkanes) is 1. The molecule has 1 aromatic carbocycles. The highest BCUT2D eigenvalue weighted by atomic mass is 16.5. The van der Waals surface area contributed by atoms with Gasteiger partial charge in [-0.2, -0.15) is 0 Å². The van der Waals surface area contributed by atoms with Gasteiger partial charge in [0.25, 0.3) is 0 Å². The SMILES string of the molecule is CCCCOc1ccc(CCC(C)N(C)CC)cc1. The van der Waals surface area contributed by atoms with E-state index in [4.69, 9.17) is 4.74 Å². The van der Waals surface area contributed by atoms with Gasteiger partial charge in [0.15, 0.2) is 0 Å². The summed E-state index contributed by atoms with van der Waals surface area (Å²) < 4.78 is 5.67. The molecule has 0 fully saturated rings. The summed E-state index contributed by atoms with van der Waals surface area (Å²) >= 11 is 0. The highest BCUT2D eigenvalue weighted by Gasteiger charge is 2.06. The van der Waals surface area contributed by atoms with Crippen LogP contribution in [0.2, 0.25) is 0 Å². The van der Waals surface area contributed by atoms with Gasteiger partial charge in [-0.15, -0.1) is 0 Å². The van der Waals surface area contributed by atoms with Crippen molar-refractivity contribution in [2.24, 2.45) is 0 Å². The summed E-state index contributed by atoms with van der Waals surface area (Å²) in [4.78, 5) is 2.39. The van der Waals surface area contributed by atoms with E-state index in [0.29, 0.717) is 6.04 Å². The minimum atomic E-state index is 0.644. The molecule has 0 heterocycles. The highest BCUT2D eigenvalue weighted by Crippen LogP contribution is 2.15. The van der Waals surface area contributed by atoms with Crippen LogP contribution in [0.5, 0.6) is 5.75 Å². The molecule has 0 N–H and O–H groups in total. The fourth-order valence-corrected chi connectivity index (χ4v) is 1.99. The van der Waals surface area contributed by atoms with Crippen molar-refractivity contribution in [3.63, 3.8) is 0 Å². The zero-order chi connectivity index (χ0) is 14.1. The average Bonchev–Trinajstić information content (AvgIpc) is 2.45. The van der Waals surface area contributed by atoms with Crippen LogP contribution in [0.4, 0.5) is 0 Å². The van der Waals surface area contributed by atoms with Gasteiger partial charge >= 0.3 is 0 Å². The molecule has 1 atom stereocenters. The lowest BCUT2D eigenvalue weighted by Crippen LogP contribution is -2.29. The molecule has 1 aromatic rings. The van der Waals surface area contributed by atoms with E-state index in [1.54, 1.807) is 0 Å². The van der Waals surface area contributed by atoms with E-state index >= 15 is 0 Å². The zero-order valence-corrected chi connectivity index (χ0v) is 13.0. The average molecular weight is 263 g/mol. The summed E-state index contributed by atoms with van der Waals surface area (Å²) in [5, 5.41) is 0. The molecule has 0 aliphatic heterocycles. The summed E-state index contributed by atoms with van der Waals surface area (Å²) in [5.74, 6) is 0.996. The molecule has 0 amide bonds. The summed E-state index contributed by atoms with van der Waals surface area (Å²) in [7, 11) is 2.19. The second kappa shape index (κ2) is 8.98. The van der Waals surface area contributed by atoms with E-state index in [9.17, 15) is 0 Å². The van der Waals surface area contributed by atoms with Crippen LogP contribution >= 0.6 is 0 Å². The van der Waals surface area contributed by atoms with Gasteiger partial charge in [0.2, 0.25) is 0 Å². The number of aryl methyl sites for hydroxylation is 1. The normalized spacial score (nSPS) is 12.7. The fourth-order valence-electron chi connectivity index (χ4n) is 1.99. The largest absolute Gasteiger partial charge is 0.494 e. The quantitative estimate of drug-likeness (QED) is 0.621. The molecule has 0 spiro atoms. The third-order valence-corrected chi connectivity index (χ3v) is 3.79. The first-order valence-corrected chi connectivity index (χ1v) is 7.59. The Morgan fingerprint density at radius 2 is 1.84 bits per heavy atom. The van der Waals surface area contributed by atoms with Crippen LogP contribution in [0.25, 0.3) is 0 Å². The molecule has 108 valence electrons. The zero-order valence-electron chi connectivity index (χ0n) is 13.0. The molecule has 1 rings (SSSR count). The molecule has 0 bridgehead atoms. The molecule has 2 nitrogen and oxygen atoms in total. The van der Waals surface area contributed by atoms with Crippen molar-refractivity contribution in [1.29, 1.82) is 0 Å². The number of hydrogen-bond donors (Lipinski definition) is 0. The fraction of sp³-hybridized carbons (Fsp3) is 0.647. The van der Waals surface area contributed by atoms with E-state index in [1.807, 2.05) is 0 Å². The minimum Gasteiger partial charge on any atom is -0.494 e. The lowest BCUT2D eigenvalue weighted by atomic mass is 10.1. The Morgan fingerprint density at radius 1 is 1.16 bits per heavy atom. The molecule has 0 aliphatic rings. The maximum atomic E-state index is 5.67. The molecule has 19 heavy (non-hydrogen) atoms. The van der Waals surface area contributed by atoms with Crippen molar-refractivity contribution < 1.29 is 4.74 Å². The smallest absolute Gasteiger partial charge is 0.119 e. The Balaban J connectivity index is 2.35. The summed E-state index contributed by atoms with van der Waals surface area (Å²) in [6.45, 7) is 8.63. The van der Waals surface area contributed by atoms with Crippen LogP contribution in [0.15, 0.2) is 24.3 Å². The Bertz CT molecular complexity index is 334. The van der Waals surface area contributed by atoms with Gasteiger partial charge in [0.1, 0.15) is 5.75 Å². The Morgan fingerprint density at radius 3 is 2.42 bits per heavy atom. The van der Waals surface area contributed by atoms with E-state index in [-0.39, 0.29) is 0 Å². The van der Waals surface area contributed by atoms with Crippen LogP contribution in [0.3, 0.4) is 0 Å². The molecule has 1 unspecified atom stereocenters. The molecule has 0 saturated heterocycles. The van der Waals surface area contributed by atoms with Crippen LogP contribution in [-0.2, 0) is 6.42 Å². The number of hydrogen-bond acceptors (Lipinski definition) is 2. The Kier molecular flexibility index (Phi) is 7.57. The predicted octanol–water partition coefficient (Wildman–Crippen LogP) is 4.14.